The molecule has 1 N–H and O–H groups in total. The van der Waals surface area contributed by atoms with Crippen molar-refractivity contribution in [3.8, 4) is 0 Å². The van der Waals surface area contributed by atoms with Crippen LogP contribution in [-0.2, 0) is 0 Å². The predicted octanol–water partition coefficient (Wildman–Crippen LogP) is 3.20. The summed E-state index contributed by atoms with van der Waals surface area (Å²) >= 11 is 5.87. The van der Waals surface area contributed by atoms with Gasteiger partial charge in [0, 0.05) is 29.7 Å². The first-order chi connectivity index (χ1) is 9.49. The molecule has 1 heterocycles. The number of pyridine rings is 1. The number of hydrogen-bond donors (Lipinski definition) is 1. The fourth-order valence-electron chi connectivity index (χ4n) is 1.70. The molecule has 7 heteroatoms. The molecule has 0 bridgehead atoms. The predicted molar refractivity (Wildman–Crippen MR) is 75.0 cm³/mol. The van der Waals surface area contributed by atoms with Crippen molar-refractivity contribution in [3.63, 3.8) is 0 Å². The zero-order chi connectivity index (χ0) is 14.7. The normalized spacial score (nSPS) is 10.1. The molecule has 0 radical (unpaired) electrons. The third-order valence-corrected chi connectivity index (χ3v) is 2.97. The maximum Gasteiger partial charge on any atom is 0.272 e. The minimum atomic E-state index is -0.472. The molecule has 2 aromatic rings. The van der Waals surface area contributed by atoms with E-state index in [9.17, 15) is 14.9 Å². The number of nitro benzene ring substituents is 1. The smallest absolute Gasteiger partial charge is 0.272 e. The first kappa shape index (κ1) is 14.0. The van der Waals surface area contributed by atoms with Crippen LogP contribution in [0.4, 0.5) is 11.4 Å². The minimum Gasteiger partial charge on any atom is -0.322 e. The average Bonchev–Trinajstić information content (AvgIpc) is 2.38. The fraction of sp³-hybridized carbons (Fsp3) is 0.0769. The molecule has 0 spiro atoms. The van der Waals surface area contributed by atoms with Crippen LogP contribution in [0.25, 0.3) is 0 Å². The maximum absolute atomic E-state index is 12.0. The molecular formula is C13H10ClN3O3. The summed E-state index contributed by atoms with van der Waals surface area (Å²) in [7, 11) is 0. The van der Waals surface area contributed by atoms with Gasteiger partial charge in [0.1, 0.15) is 0 Å². The molecule has 0 atom stereocenters. The molecule has 1 amide bonds. The van der Waals surface area contributed by atoms with Gasteiger partial charge in [0.25, 0.3) is 11.6 Å². The van der Waals surface area contributed by atoms with Gasteiger partial charge < -0.3 is 5.32 Å². The number of amides is 1. The quantitative estimate of drug-likeness (QED) is 0.695. The lowest BCUT2D eigenvalue weighted by molar-refractivity contribution is -0.385. The van der Waals surface area contributed by atoms with E-state index >= 15 is 0 Å². The van der Waals surface area contributed by atoms with E-state index in [0.29, 0.717) is 11.3 Å². The Morgan fingerprint density at radius 2 is 2.15 bits per heavy atom. The third kappa shape index (κ3) is 2.92. The molecule has 0 aliphatic heterocycles. The highest BCUT2D eigenvalue weighted by Gasteiger charge is 2.13. The highest BCUT2D eigenvalue weighted by Crippen LogP contribution is 2.22. The Morgan fingerprint density at radius 1 is 1.40 bits per heavy atom. The van der Waals surface area contributed by atoms with Gasteiger partial charge in [-0.2, -0.15) is 0 Å². The minimum absolute atomic E-state index is 0.00458. The van der Waals surface area contributed by atoms with Gasteiger partial charge in [-0.15, -0.1) is 0 Å². The highest BCUT2D eigenvalue weighted by atomic mass is 35.5. The summed E-state index contributed by atoms with van der Waals surface area (Å²) in [6, 6.07) is 5.85. The van der Waals surface area contributed by atoms with Crippen LogP contribution in [0.15, 0.2) is 36.7 Å². The summed E-state index contributed by atoms with van der Waals surface area (Å²) in [5.41, 5.74) is 1.22. The molecule has 0 aliphatic carbocycles. The SMILES string of the molecule is Cc1cc(NC(=O)c2ccncc2Cl)ccc1[N+](=O)[O-]. The molecule has 102 valence electrons. The van der Waals surface area contributed by atoms with E-state index in [-0.39, 0.29) is 16.3 Å². The molecule has 0 saturated heterocycles. The van der Waals surface area contributed by atoms with Crippen LogP contribution in [-0.4, -0.2) is 15.8 Å². The number of anilines is 1. The van der Waals surface area contributed by atoms with Gasteiger partial charge in [0.15, 0.2) is 0 Å². The zero-order valence-electron chi connectivity index (χ0n) is 10.5. The number of carbonyl (C=O) groups excluding carboxylic acids is 1. The molecule has 6 nitrogen and oxygen atoms in total. The first-order valence-corrected chi connectivity index (χ1v) is 6.02. The Balaban J connectivity index is 2.23. The van der Waals surface area contributed by atoms with Crippen LogP contribution in [0, 0.1) is 17.0 Å². The number of nitrogens with zero attached hydrogens (tertiary/aromatic N) is 2. The molecule has 2 rings (SSSR count). The number of nitro groups is 1. The van der Waals surface area contributed by atoms with E-state index in [4.69, 9.17) is 11.6 Å². The number of rotatable bonds is 3. The first-order valence-electron chi connectivity index (χ1n) is 5.65. The average molecular weight is 292 g/mol. The molecule has 0 saturated carbocycles. The van der Waals surface area contributed by atoms with Crippen molar-refractivity contribution in [1.29, 1.82) is 0 Å². The van der Waals surface area contributed by atoms with Crippen molar-refractivity contribution in [3.05, 3.63) is 62.9 Å². The molecule has 1 aromatic carbocycles. The van der Waals surface area contributed by atoms with Crippen molar-refractivity contribution in [2.24, 2.45) is 0 Å². The topological polar surface area (TPSA) is 85.1 Å². The van der Waals surface area contributed by atoms with Crippen LogP contribution in [0.3, 0.4) is 0 Å². The van der Waals surface area contributed by atoms with Crippen molar-refractivity contribution < 1.29 is 9.72 Å². The summed E-state index contributed by atoms with van der Waals surface area (Å²) in [6.07, 6.45) is 2.83. The molecule has 0 fully saturated rings. The number of carbonyl (C=O) groups is 1. The monoisotopic (exact) mass is 291 g/mol. The molecule has 0 aliphatic rings. The summed E-state index contributed by atoms with van der Waals surface area (Å²) in [5, 5.41) is 13.6. The van der Waals surface area contributed by atoms with Crippen molar-refractivity contribution >= 4 is 28.9 Å². The molecule has 0 unspecified atom stereocenters. The third-order valence-electron chi connectivity index (χ3n) is 2.67. The van der Waals surface area contributed by atoms with E-state index < -0.39 is 10.8 Å². The summed E-state index contributed by atoms with van der Waals surface area (Å²) in [5.74, 6) is -0.398. The second-order valence-electron chi connectivity index (χ2n) is 4.07. The largest absolute Gasteiger partial charge is 0.322 e. The Morgan fingerprint density at radius 3 is 2.75 bits per heavy atom. The van der Waals surface area contributed by atoms with Gasteiger partial charge in [-0.05, 0) is 25.1 Å². The summed E-state index contributed by atoms with van der Waals surface area (Å²) in [4.78, 5) is 26.0. The number of halogens is 1. The molecule has 1 aromatic heterocycles. The number of aromatic nitrogens is 1. The maximum atomic E-state index is 12.0. The van der Waals surface area contributed by atoms with E-state index in [1.165, 1.54) is 36.7 Å². The summed E-state index contributed by atoms with van der Waals surface area (Å²) in [6.45, 7) is 1.60. The van der Waals surface area contributed by atoms with E-state index in [1.54, 1.807) is 6.92 Å². The second-order valence-corrected chi connectivity index (χ2v) is 4.48. The molecular weight excluding hydrogens is 282 g/mol. The van der Waals surface area contributed by atoms with Gasteiger partial charge in [0.2, 0.25) is 0 Å². The fourth-order valence-corrected chi connectivity index (χ4v) is 1.90. The highest BCUT2D eigenvalue weighted by molar-refractivity contribution is 6.34. The van der Waals surface area contributed by atoms with Gasteiger partial charge in [-0.1, -0.05) is 11.6 Å². The molecule has 20 heavy (non-hydrogen) atoms. The lowest BCUT2D eigenvalue weighted by atomic mass is 10.1. The Bertz CT molecular complexity index is 688. The van der Waals surface area contributed by atoms with E-state index in [0.717, 1.165) is 0 Å². The van der Waals surface area contributed by atoms with Gasteiger partial charge in [0.05, 0.1) is 15.5 Å². The van der Waals surface area contributed by atoms with E-state index in [1.807, 2.05) is 0 Å². The van der Waals surface area contributed by atoms with Crippen molar-refractivity contribution in [2.75, 3.05) is 5.32 Å². The van der Waals surface area contributed by atoms with Crippen LogP contribution in [0.5, 0.6) is 0 Å². The zero-order valence-corrected chi connectivity index (χ0v) is 11.2. The van der Waals surface area contributed by atoms with Gasteiger partial charge in [-0.3, -0.25) is 19.9 Å². The summed E-state index contributed by atoms with van der Waals surface area (Å²) < 4.78 is 0. The lowest BCUT2D eigenvalue weighted by Crippen LogP contribution is -2.12. The van der Waals surface area contributed by atoms with Crippen LogP contribution in [0.1, 0.15) is 15.9 Å². The van der Waals surface area contributed by atoms with Crippen molar-refractivity contribution in [2.45, 2.75) is 6.92 Å². The Labute approximate surface area is 119 Å². The lowest BCUT2D eigenvalue weighted by Gasteiger charge is -2.07. The number of nitrogens with one attached hydrogen (secondary N) is 1. The van der Waals surface area contributed by atoms with Crippen LogP contribution < -0.4 is 5.32 Å². The van der Waals surface area contributed by atoms with Crippen LogP contribution in [0.2, 0.25) is 5.02 Å². The standard InChI is InChI=1S/C13H10ClN3O3/c1-8-6-9(2-3-12(8)17(19)20)16-13(18)10-4-5-15-7-11(10)14/h2-7H,1H3,(H,16,18). The van der Waals surface area contributed by atoms with Crippen molar-refractivity contribution in [1.82, 2.24) is 4.98 Å². The number of aryl methyl sites for hydroxylation is 1. The Hall–Kier alpha value is -2.47. The number of benzene rings is 1. The Kier molecular flexibility index (Phi) is 3.95. The van der Waals surface area contributed by atoms with Crippen LogP contribution >= 0.6 is 11.6 Å². The van der Waals surface area contributed by atoms with E-state index in [2.05, 4.69) is 10.3 Å². The number of hydrogen-bond acceptors (Lipinski definition) is 4. The van der Waals surface area contributed by atoms with Gasteiger partial charge >= 0.3 is 0 Å². The van der Waals surface area contributed by atoms with Gasteiger partial charge in [-0.25, -0.2) is 0 Å². The second kappa shape index (κ2) is 5.66.